The Morgan fingerprint density at radius 2 is 1.80 bits per heavy atom. The van der Waals surface area contributed by atoms with Crippen LogP contribution in [0.2, 0.25) is 0 Å². The number of aliphatic imine (C=N–C) groups is 1. The lowest BCUT2D eigenvalue weighted by Crippen LogP contribution is -2.31. The second kappa shape index (κ2) is 8.28. The molecular weight excluding hydrogens is 393 g/mol. The summed E-state index contributed by atoms with van der Waals surface area (Å²) in [6, 6.07) is 3.87. The molecule has 2 aromatic rings. The van der Waals surface area contributed by atoms with Crippen molar-refractivity contribution in [1.82, 2.24) is 19.9 Å². The molecule has 2 saturated carbocycles. The van der Waals surface area contributed by atoms with E-state index >= 15 is 0 Å². The highest BCUT2D eigenvalue weighted by Gasteiger charge is 2.33. The zero-order chi connectivity index (χ0) is 21.3. The Kier molecular flexibility index (Phi) is 5.71. The van der Waals surface area contributed by atoms with Gasteiger partial charge in [0.05, 0.1) is 0 Å². The van der Waals surface area contributed by atoms with Crippen molar-refractivity contribution in [1.29, 1.82) is 0 Å². The maximum atomic E-state index is 13.1. The molecule has 4 rings (SSSR count). The molecule has 0 spiro atoms. The lowest BCUT2D eigenvalue weighted by Gasteiger charge is -2.31. The number of halogens is 3. The first-order chi connectivity index (χ1) is 14.3. The number of hydrogen-bond donors (Lipinski definition) is 1. The molecule has 0 amide bonds. The fourth-order valence-electron chi connectivity index (χ4n) is 3.65. The molecule has 0 saturated heterocycles. The largest absolute Gasteiger partial charge is 0.433 e. The van der Waals surface area contributed by atoms with E-state index in [1.807, 2.05) is 6.92 Å². The number of aromatic nitrogens is 4. The summed E-state index contributed by atoms with van der Waals surface area (Å²) in [5, 5.41) is 3.29. The highest BCUT2D eigenvalue weighted by atomic mass is 19.4. The van der Waals surface area contributed by atoms with E-state index in [9.17, 15) is 13.2 Å². The summed E-state index contributed by atoms with van der Waals surface area (Å²) in [7, 11) is 0. The molecule has 6 nitrogen and oxygen atoms in total. The number of hydrogen-bond acceptors (Lipinski definition) is 6. The van der Waals surface area contributed by atoms with Crippen molar-refractivity contribution in [3.05, 3.63) is 23.9 Å². The quantitative estimate of drug-likeness (QED) is 0.632. The minimum absolute atomic E-state index is 0.0457. The molecule has 0 radical (unpaired) electrons. The van der Waals surface area contributed by atoms with E-state index < -0.39 is 11.9 Å². The van der Waals surface area contributed by atoms with Gasteiger partial charge < -0.3 is 5.32 Å². The predicted molar refractivity (Wildman–Crippen MR) is 109 cm³/mol. The molecule has 2 aromatic heterocycles. The van der Waals surface area contributed by atoms with Gasteiger partial charge in [-0.1, -0.05) is 18.9 Å². The number of rotatable bonds is 6. The molecule has 0 bridgehead atoms. The molecule has 0 unspecified atom stereocenters. The van der Waals surface area contributed by atoms with E-state index in [1.54, 1.807) is 0 Å². The first-order valence-corrected chi connectivity index (χ1v) is 10.4. The van der Waals surface area contributed by atoms with Gasteiger partial charge in [-0.2, -0.15) is 28.1 Å². The van der Waals surface area contributed by atoms with Gasteiger partial charge in [0.25, 0.3) is 5.95 Å². The van der Waals surface area contributed by atoms with E-state index in [0.29, 0.717) is 17.8 Å². The fraction of sp³-hybridized carbons (Fsp3) is 0.571. The van der Waals surface area contributed by atoms with Crippen LogP contribution in [0, 0.1) is 11.8 Å². The van der Waals surface area contributed by atoms with Crippen molar-refractivity contribution < 1.29 is 13.2 Å². The summed E-state index contributed by atoms with van der Waals surface area (Å²) in [4.78, 5) is 21.4. The highest BCUT2D eigenvalue weighted by molar-refractivity contribution is 5.86. The summed E-state index contributed by atoms with van der Waals surface area (Å²) >= 11 is 0. The van der Waals surface area contributed by atoms with E-state index in [0.717, 1.165) is 37.5 Å². The maximum Gasteiger partial charge on any atom is 0.433 e. The third-order valence-electron chi connectivity index (χ3n) is 6.08. The molecule has 2 fully saturated rings. The molecule has 30 heavy (non-hydrogen) atoms. The van der Waals surface area contributed by atoms with Crippen molar-refractivity contribution >= 4 is 17.6 Å². The minimum atomic E-state index is -4.54. The van der Waals surface area contributed by atoms with Gasteiger partial charge in [0.15, 0.2) is 5.82 Å². The van der Waals surface area contributed by atoms with E-state index in [1.165, 1.54) is 25.0 Å². The summed E-state index contributed by atoms with van der Waals surface area (Å²) in [5.41, 5.74) is 0.00571. The molecule has 1 N–H and O–H groups in total. The Morgan fingerprint density at radius 3 is 2.40 bits per heavy atom. The van der Waals surface area contributed by atoms with E-state index in [4.69, 9.17) is 0 Å². The van der Waals surface area contributed by atoms with Crippen LogP contribution in [0.15, 0.2) is 23.2 Å². The van der Waals surface area contributed by atoms with Crippen molar-refractivity contribution in [2.45, 2.75) is 64.6 Å². The van der Waals surface area contributed by atoms with Crippen LogP contribution in [0.1, 0.15) is 58.1 Å². The predicted octanol–water partition coefficient (Wildman–Crippen LogP) is 5.45. The van der Waals surface area contributed by atoms with E-state index in [-0.39, 0.29) is 23.5 Å². The lowest BCUT2D eigenvalue weighted by atomic mass is 9.80. The molecule has 2 aliphatic rings. The lowest BCUT2D eigenvalue weighted by molar-refractivity contribution is -0.141. The molecule has 160 valence electrons. The number of alkyl halides is 3. The van der Waals surface area contributed by atoms with Crippen LogP contribution in [0.5, 0.6) is 0 Å². The number of anilines is 1. The van der Waals surface area contributed by atoms with Gasteiger partial charge in [0, 0.05) is 11.8 Å². The third kappa shape index (κ3) is 4.60. The zero-order valence-electron chi connectivity index (χ0n) is 17.1. The van der Waals surface area contributed by atoms with E-state index in [2.05, 4.69) is 37.2 Å². The molecule has 9 heteroatoms. The first kappa shape index (κ1) is 20.7. The second-order valence-electron chi connectivity index (χ2n) is 8.19. The van der Waals surface area contributed by atoms with Crippen LogP contribution < -0.4 is 5.32 Å². The van der Waals surface area contributed by atoms with Crippen LogP contribution in [0.3, 0.4) is 0 Å². The summed E-state index contributed by atoms with van der Waals surface area (Å²) in [5.74, 6) is 1.56. The average molecular weight is 418 g/mol. The van der Waals surface area contributed by atoms with Gasteiger partial charge in [-0.15, -0.1) is 0 Å². The van der Waals surface area contributed by atoms with Gasteiger partial charge >= 0.3 is 6.18 Å². The maximum absolute atomic E-state index is 13.1. The molecule has 0 aromatic carbocycles. The Hall–Kier alpha value is -2.58. The van der Waals surface area contributed by atoms with Crippen LogP contribution in [-0.2, 0) is 6.18 Å². The number of nitrogens with one attached hydrogen (secondary N) is 1. The third-order valence-corrected chi connectivity index (χ3v) is 6.08. The van der Waals surface area contributed by atoms with Crippen molar-refractivity contribution in [3.8, 4) is 11.5 Å². The normalized spacial score (nSPS) is 19.2. The highest BCUT2D eigenvalue weighted by Crippen LogP contribution is 2.32. The van der Waals surface area contributed by atoms with Crippen molar-refractivity contribution in [2.75, 3.05) is 5.32 Å². The van der Waals surface area contributed by atoms with Crippen molar-refractivity contribution in [3.63, 3.8) is 0 Å². The molecule has 2 heterocycles. The topological polar surface area (TPSA) is 76.0 Å². The molecule has 1 atom stereocenters. The van der Waals surface area contributed by atoms with Crippen LogP contribution in [-0.4, -0.2) is 31.7 Å². The number of pyridine rings is 1. The monoisotopic (exact) mass is 418 g/mol. The molecule has 0 aliphatic heterocycles. The standard InChI is InChI=1S/C21H25F3N6/c1-12(14-6-3-7-14)25-19-28-18(16-10-5-11-17(27-16)21(22,23)24)29-20(30-19)26-13(2)15-8-4-9-15/h5,10-12,14-15H,3-4,6-9H2,1-2H3,(H,25,28,29,30)/t12-/m1/s1. The molecular formula is C21H25F3N6. The Balaban J connectivity index is 1.69. The van der Waals surface area contributed by atoms with Gasteiger partial charge in [-0.25, -0.2) is 9.98 Å². The summed E-state index contributed by atoms with van der Waals surface area (Å²) in [6.07, 6.45) is 2.33. The van der Waals surface area contributed by atoms with Gasteiger partial charge in [-0.3, -0.25) is 0 Å². The van der Waals surface area contributed by atoms with Crippen LogP contribution >= 0.6 is 0 Å². The summed E-state index contributed by atoms with van der Waals surface area (Å²) < 4.78 is 39.3. The van der Waals surface area contributed by atoms with Crippen molar-refractivity contribution in [2.24, 2.45) is 16.8 Å². The smallest absolute Gasteiger partial charge is 0.351 e. The minimum Gasteiger partial charge on any atom is -0.351 e. The SMILES string of the molecule is CC(=Nc1nc(N[C@H](C)C2CCC2)nc(-c2cccc(C(F)(F)F)n2)n1)C1CCC1. The average Bonchev–Trinajstić information content (AvgIpc) is 2.57. The number of nitrogens with zero attached hydrogens (tertiary/aromatic N) is 5. The first-order valence-electron chi connectivity index (χ1n) is 10.4. The Labute approximate surface area is 173 Å². The Bertz CT molecular complexity index is 935. The van der Waals surface area contributed by atoms with Crippen LogP contribution in [0.4, 0.5) is 25.1 Å². The summed E-state index contributed by atoms with van der Waals surface area (Å²) in [6.45, 7) is 4.01. The van der Waals surface area contributed by atoms with Gasteiger partial charge in [-0.05, 0) is 63.5 Å². The zero-order valence-corrected chi connectivity index (χ0v) is 17.1. The van der Waals surface area contributed by atoms with Gasteiger partial charge in [0.2, 0.25) is 5.95 Å². The molecule has 2 aliphatic carbocycles. The Morgan fingerprint density at radius 1 is 1.07 bits per heavy atom. The fourth-order valence-corrected chi connectivity index (χ4v) is 3.65. The second-order valence-corrected chi connectivity index (χ2v) is 8.19. The van der Waals surface area contributed by atoms with Crippen LogP contribution in [0.25, 0.3) is 11.5 Å². The van der Waals surface area contributed by atoms with Gasteiger partial charge in [0.1, 0.15) is 11.4 Å².